The summed E-state index contributed by atoms with van der Waals surface area (Å²) in [5.74, 6) is -1.15. The summed E-state index contributed by atoms with van der Waals surface area (Å²) in [6, 6.07) is 0. The van der Waals surface area contributed by atoms with Crippen LogP contribution in [-0.4, -0.2) is 53.6 Å². The van der Waals surface area contributed by atoms with Gasteiger partial charge in [-0.05, 0) is 14.0 Å². The van der Waals surface area contributed by atoms with Crippen molar-refractivity contribution in [2.45, 2.75) is 30.6 Å². The van der Waals surface area contributed by atoms with Crippen LogP contribution in [-0.2, 0) is 4.79 Å². The van der Waals surface area contributed by atoms with Crippen molar-refractivity contribution in [2.75, 3.05) is 7.05 Å². The van der Waals surface area contributed by atoms with E-state index in [-0.39, 0.29) is 4.90 Å². The molecule has 0 aromatic heterocycles. The normalized spacial score (nSPS) is 30.0. The van der Waals surface area contributed by atoms with E-state index in [9.17, 15) is 31.1 Å². The van der Waals surface area contributed by atoms with Gasteiger partial charge in [-0.2, -0.15) is 26.3 Å². The lowest BCUT2D eigenvalue weighted by Crippen LogP contribution is -2.67. The zero-order chi connectivity index (χ0) is 15.6. The van der Waals surface area contributed by atoms with Crippen LogP contribution >= 0.6 is 0 Å². The van der Waals surface area contributed by atoms with Crippen LogP contribution in [0.4, 0.5) is 26.3 Å². The first-order chi connectivity index (χ1) is 8.88. The van der Waals surface area contributed by atoms with Crippen LogP contribution < -0.4 is 5.32 Å². The minimum Gasteiger partial charge on any atom is -0.312 e. The SMILES string of the molecule is CN1C2(C)N=CNC(=O)C2=NC1(C(F)(F)F)C(F)(F)F. The predicted octanol–water partition coefficient (Wildman–Crippen LogP) is 1.07. The number of carbonyl (C=O) groups is 1. The Morgan fingerprint density at radius 3 is 2.10 bits per heavy atom. The van der Waals surface area contributed by atoms with Crippen molar-refractivity contribution in [3.63, 3.8) is 0 Å². The van der Waals surface area contributed by atoms with Crippen molar-refractivity contribution in [3.05, 3.63) is 0 Å². The monoisotopic (exact) mass is 302 g/mol. The lowest BCUT2D eigenvalue weighted by Gasteiger charge is -2.41. The lowest BCUT2D eigenvalue weighted by atomic mass is 10.0. The summed E-state index contributed by atoms with van der Waals surface area (Å²) in [5.41, 5.74) is -7.56. The zero-order valence-electron chi connectivity index (χ0n) is 10.1. The minimum atomic E-state index is -5.76. The number of nitrogens with zero attached hydrogens (tertiary/aromatic N) is 3. The molecule has 0 spiro atoms. The number of hydrogen-bond acceptors (Lipinski definition) is 4. The highest BCUT2D eigenvalue weighted by Crippen LogP contribution is 2.53. The number of nitrogens with one attached hydrogen (secondary N) is 1. The number of aliphatic imine (C=N–C) groups is 2. The van der Waals surface area contributed by atoms with Gasteiger partial charge >= 0.3 is 18.0 Å². The van der Waals surface area contributed by atoms with E-state index < -0.39 is 35.3 Å². The molecule has 0 aliphatic carbocycles. The summed E-state index contributed by atoms with van der Waals surface area (Å²) in [6.45, 7) is 0.959. The molecule has 0 saturated carbocycles. The van der Waals surface area contributed by atoms with Gasteiger partial charge in [-0.15, -0.1) is 0 Å². The fourth-order valence-corrected chi connectivity index (χ4v) is 2.18. The maximum absolute atomic E-state index is 13.0. The molecular weight excluding hydrogens is 294 g/mol. The molecule has 112 valence electrons. The maximum atomic E-state index is 13.0. The van der Waals surface area contributed by atoms with Crippen molar-refractivity contribution >= 4 is 18.0 Å². The maximum Gasteiger partial charge on any atom is 0.436 e. The van der Waals surface area contributed by atoms with Gasteiger partial charge in [0.05, 0.1) is 6.34 Å². The highest BCUT2D eigenvalue weighted by molar-refractivity contribution is 6.45. The number of hydrogen-bond donors (Lipinski definition) is 1. The van der Waals surface area contributed by atoms with Gasteiger partial charge in [-0.3, -0.25) is 4.79 Å². The second kappa shape index (κ2) is 3.71. The molecule has 0 saturated heterocycles. The quantitative estimate of drug-likeness (QED) is 0.681. The Morgan fingerprint density at radius 2 is 1.70 bits per heavy atom. The lowest BCUT2D eigenvalue weighted by molar-refractivity contribution is -0.337. The third-order valence-electron chi connectivity index (χ3n) is 3.38. The van der Waals surface area contributed by atoms with Crippen LogP contribution in [0.2, 0.25) is 0 Å². The number of fused-ring (bicyclic) bond motifs is 1. The third kappa shape index (κ3) is 1.52. The topological polar surface area (TPSA) is 57.1 Å². The van der Waals surface area contributed by atoms with Gasteiger partial charge in [0.2, 0.25) is 0 Å². The van der Waals surface area contributed by atoms with Gasteiger partial charge in [0, 0.05) is 0 Å². The van der Waals surface area contributed by atoms with E-state index in [1.165, 1.54) is 0 Å². The van der Waals surface area contributed by atoms with Gasteiger partial charge in [-0.1, -0.05) is 0 Å². The van der Waals surface area contributed by atoms with Gasteiger partial charge in [0.1, 0.15) is 5.71 Å². The van der Waals surface area contributed by atoms with E-state index in [4.69, 9.17) is 0 Å². The van der Waals surface area contributed by atoms with E-state index in [2.05, 4.69) is 9.98 Å². The molecule has 1 unspecified atom stereocenters. The molecular formula is C9H8F6N4O. The number of rotatable bonds is 0. The van der Waals surface area contributed by atoms with Crippen molar-refractivity contribution < 1.29 is 31.1 Å². The molecule has 2 aliphatic rings. The zero-order valence-corrected chi connectivity index (χ0v) is 10.1. The van der Waals surface area contributed by atoms with Gasteiger partial charge < -0.3 is 5.32 Å². The summed E-state index contributed by atoms with van der Waals surface area (Å²) in [5, 5.41) is 1.92. The Labute approximate surface area is 108 Å². The predicted molar refractivity (Wildman–Crippen MR) is 55.1 cm³/mol. The van der Waals surface area contributed by atoms with E-state index in [0.29, 0.717) is 7.05 Å². The number of amides is 1. The summed E-state index contributed by atoms with van der Waals surface area (Å²) in [7, 11) is 0.577. The van der Waals surface area contributed by atoms with Crippen LogP contribution in [0.25, 0.3) is 0 Å². The van der Waals surface area contributed by atoms with E-state index in [0.717, 1.165) is 13.3 Å². The number of alkyl halides is 6. The van der Waals surface area contributed by atoms with E-state index in [1.807, 2.05) is 5.32 Å². The van der Waals surface area contributed by atoms with Gasteiger partial charge in [-0.25, -0.2) is 14.9 Å². The number of carbonyl (C=O) groups excluding carboxylic acids is 1. The van der Waals surface area contributed by atoms with E-state index >= 15 is 0 Å². The molecule has 5 nitrogen and oxygen atoms in total. The molecule has 2 heterocycles. The summed E-state index contributed by atoms with van der Waals surface area (Å²) in [6.07, 6.45) is -10.8. The van der Waals surface area contributed by atoms with Crippen LogP contribution in [0.15, 0.2) is 9.98 Å². The minimum absolute atomic E-state index is 0.0927. The fourth-order valence-electron chi connectivity index (χ4n) is 2.18. The van der Waals surface area contributed by atoms with Gasteiger partial charge in [0.25, 0.3) is 5.91 Å². The Balaban J connectivity index is 2.75. The van der Waals surface area contributed by atoms with Crippen molar-refractivity contribution in [2.24, 2.45) is 9.98 Å². The molecule has 2 rings (SSSR count). The Hall–Kier alpha value is -1.65. The molecule has 0 fully saturated rings. The van der Waals surface area contributed by atoms with Crippen LogP contribution in [0.1, 0.15) is 6.92 Å². The summed E-state index contributed by atoms with van der Waals surface area (Å²) < 4.78 is 78.3. The highest BCUT2D eigenvalue weighted by Gasteiger charge is 2.80. The first-order valence-electron chi connectivity index (χ1n) is 5.20. The van der Waals surface area contributed by atoms with Gasteiger partial charge in [0.15, 0.2) is 5.66 Å². The Bertz CT molecular complexity index is 508. The average molecular weight is 302 g/mol. The van der Waals surface area contributed by atoms with Crippen molar-refractivity contribution in [1.29, 1.82) is 0 Å². The molecule has 1 atom stereocenters. The smallest absolute Gasteiger partial charge is 0.312 e. The molecule has 11 heteroatoms. The molecule has 0 aromatic rings. The first kappa shape index (κ1) is 14.8. The highest BCUT2D eigenvalue weighted by atomic mass is 19.4. The molecule has 0 radical (unpaired) electrons. The number of halogens is 6. The molecule has 0 aromatic carbocycles. The largest absolute Gasteiger partial charge is 0.436 e. The van der Waals surface area contributed by atoms with Crippen LogP contribution in [0.3, 0.4) is 0 Å². The van der Waals surface area contributed by atoms with Crippen molar-refractivity contribution in [1.82, 2.24) is 10.2 Å². The Kier molecular flexibility index (Phi) is 2.74. The Morgan fingerprint density at radius 1 is 1.20 bits per heavy atom. The molecule has 2 aliphatic heterocycles. The molecule has 1 amide bonds. The average Bonchev–Trinajstić information content (AvgIpc) is 2.49. The van der Waals surface area contributed by atoms with Crippen LogP contribution in [0.5, 0.6) is 0 Å². The third-order valence-corrected chi connectivity index (χ3v) is 3.38. The van der Waals surface area contributed by atoms with E-state index in [1.54, 1.807) is 0 Å². The molecule has 20 heavy (non-hydrogen) atoms. The molecule has 1 N–H and O–H groups in total. The van der Waals surface area contributed by atoms with Crippen LogP contribution in [0, 0.1) is 0 Å². The molecule has 0 bridgehead atoms. The summed E-state index contributed by atoms with van der Waals surface area (Å²) in [4.78, 5) is 17.6. The van der Waals surface area contributed by atoms with Crippen molar-refractivity contribution in [3.8, 4) is 0 Å². The fraction of sp³-hybridized carbons (Fsp3) is 0.667. The standard InChI is InChI=1S/C9H8F6N4O/c1-6-4(5(20)16-3-17-6)18-7(19(6)2,8(10,11)12)9(13,14)15/h3H,1-2H3,(H,16,17,20). The second-order valence-corrected chi connectivity index (χ2v) is 4.44. The summed E-state index contributed by atoms with van der Waals surface area (Å²) >= 11 is 0. The second-order valence-electron chi connectivity index (χ2n) is 4.44. The first-order valence-corrected chi connectivity index (χ1v) is 5.20.